The normalized spacial score (nSPS) is 13.2. The van der Waals surface area contributed by atoms with Crippen molar-refractivity contribution in [1.82, 2.24) is 0 Å². The predicted octanol–water partition coefficient (Wildman–Crippen LogP) is 18.0. The second kappa shape index (κ2) is 13.7. The van der Waals surface area contributed by atoms with Crippen molar-refractivity contribution in [3.05, 3.63) is 265 Å². The van der Waals surface area contributed by atoms with Crippen LogP contribution in [0.15, 0.2) is 243 Å². The Labute approximate surface area is 388 Å². The summed E-state index contributed by atoms with van der Waals surface area (Å²) >= 11 is 0. The molecule has 0 unspecified atom stereocenters. The smallest absolute Gasteiger partial charge is 0.0619 e. The molecule has 308 valence electrons. The van der Waals surface area contributed by atoms with Crippen LogP contribution in [0.1, 0.15) is 22.3 Å². The molecule has 0 aromatic heterocycles. The van der Waals surface area contributed by atoms with E-state index in [2.05, 4.69) is 243 Å². The van der Waals surface area contributed by atoms with Gasteiger partial charge in [-0.05, 0) is 167 Å². The molecule has 0 N–H and O–H groups in total. The first-order valence-electron chi connectivity index (χ1n) is 23.5. The van der Waals surface area contributed by atoms with Crippen LogP contribution in [0.25, 0.3) is 120 Å². The van der Waals surface area contributed by atoms with Crippen molar-refractivity contribution in [2.75, 3.05) is 0 Å². The van der Waals surface area contributed by atoms with Crippen molar-refractivity contribution >= 4 is 64.6 Å². The first-order valence-corrected chi connectivity index (χ1v) is 23.5. The Morgan fingerprint density at radius 2 is 0.627 bits per heavy atom. The number of benzene rings is 13. The van der Waals surface area contributed by atoms with Crippen molar-refractivity contribution in [2.45, 2.75) is 5.41 Å². The van der Waals surface area contributed by atoms with Gasteiger partial charge in [-0.1, -0.05) is 218 Å². The maximum atomic E-state index is 2.56. The molecule has 2 aliphatic carbocycles. The van der Waals surface area contributed by atoms with Crippen molar-refractivity contribution in [2.24, 2.45) is 0 Å². The summed E-state index contributed by atoms with van der Waals surface area (Å²) in [7, 11) is 0. The average molecular weight is 845 g/mol. The van der Waals surface area contributed by atoms with Crippen LogP contribution < -0.4 is 0 Å². The molecule has 0 fully saturated rings. The third kappa shape index (κ3) is 4.97. The summed E-state index contributed by atoms with van der Waals surface area (Å²) < 4.78 is 0. The van der Waals surface area contributed by atoms with Gasteiger partial charge in [-0.25, -0.2) is 0 Å². The van der Waals surface area contributed by atoms with E-state index in [1.807, 2.05) is 0 Å². The third-order valence-electron chi connectivity index (χ3n) is 15.4. The molecule has 0 atom stereocenters. The zero-order valence-corrected chi connectivity index (χ0v) is 36.6. The van der Waals surface area contributed by atoms with Gasteiger partial charge in [0, 0.05) is 0 Å². The van der Waals surface area contributed by atoms with Crippen LogP contribution in [-0.2, 0) is 5.41 Å². The van der Waals surface area contributed by atoms with Gasteiger partial charge in [0.25, 0.3) is 0 Å². The predicted molar refractivity (Wildman–Crippen MR) is 284 cm³/mol. The summed E-state index contributed by atoms with van der Waals surface area (Å²) in [4.78, 5) is 0. The molecule has 1 spiro atoms. The SMILES string of the molecule is c1ccc2c(c1)-c1ccccc1C21c2cc3cc(-c4c5ccccc5c(-c5ccc(-c6ccc7ccccc7c6)cc5)c5ccccc45)ccc3cc2-c2c1c1ccccc1c1ccccc21. The van der Waals surface area contributed by atoms with Gasteiger partial charge in [0.1, 0.15) is 0 Å². The van der Waals surface area contributed by atoms with E-state index in [9.17, 15) is 0 Å². The van der Waals surface area contributed by atoms with Gasteiger partial charge >= 0.3 is 0 Å². The molecule has 13 aromatic rings. The second-order valence-corrected chi connectivity index (χ2v) is 18.6. The standard InChI is InChI=1S/C67H40/c1-2-16-44-37-45(34-31-41(44)15-1)42-29-32-43(33-30-42)63-54-22-6-8-24-56(54)64(57-25-9-7-23-55(57)63)47-36-35-46-39-59-62(40-48(46)38-47)67(60-27-13-11-19-51(60)52-20-12-14-28-61(52)67)66-58-26-10-4-18-50(58)49-17-3-5-21-53(49)65(59)66/h1-40H. The summed E-state index contributed by atoms with van der Waals surface area (Å²) in [6.45, 7) is 0. The Morgan fingerprint density at radius 1 is 0.209 bits per heavy atom. The van der Waals surface area contributed by atoms with E-state index in [-0.39, 0.29) is 0 Å². The van der Waals surface area contributed by atoms with Crippen LogP contribution in [0, 0.1) is 0 Å². The molecule has 13 aromatic carbocycles. The fraction of sp³-hybridized carbons (Fsp3) is 0.0149. The Kier molecular flexibility index (Phi) is 7.52. The first-order chi connectivity index (χ1) is 33.2. The molecule has 0 saturated heterocycles. The van der Waals surface area contributed by atoms with Crippen LogP contribution in [0.2, 0.25) is 0 Å². The molecule has 2 aliphatic rings. The molecule has 0 saturated carbocycles. The van der Waals surface area contributed by atoms with E-state index in [0.29, 0.717) is 0 Å². The minimum atomic E-state index is -0.490. The van der Waals surface area contributed by atoms with Crippen LogP contribution in [0.3, 0.4) is 0 Å². The highest BCUT2D eigenvalue weighted by molar-refractivity contribution is 6.23. The number of hydrogen-bond acceptors (Lipinski definition) is 0. The molecule has 0 nitrogen and oxygen atoms in total. The Morgan fingerprint density at radius 3 is 1.27 bits per heavy atom. The lowest BCUT2D eigenvalue weighted by Crippen LogP contribution is -2.26. The van der Waals surface area contributed by atoms with Crippen molar-refractivity contribution in [3.63, 3.8) is 0 Å². The summed E-state index contributed by atoms with van der Waals surface area (Å²) in [5.74, 6) is 0. The summed E-state index contributed by atoms with van der Waals surface area (Å²) in [5, 5.41) is 15.3. The van der Waals surface area contributed by atoms with Gasteiger partial charge in [-0.3, -0.25) is 0 Å². The maximum absolute atomic E-state index is 2.56. The lowest BCUT2D eigenvalue weighted by Gasteiger charge is -2.32. The van der Waals surface area contributed by atoms with Gasteiger partial charge in [0.15, 0.2) is 0 Å². The molecule has 0 heteroatoms. The number of hydrogen-bond donors (Lipinski definition) is 0. The van der Waals surface area contributed by atoms with E-state index in [4.69, 9.17) is 0 Å². The van der Waals surface area contributed by atoms with E-state index in [1.54, 1.807) is 0 Å². The minimum Gasteiger partial charge on any atom is -0.0619 e. The topological polar surface area (TPSA) is 0 Å². The lowest BCUT2D eigenvalue weighted by molar-refractivity contribution is 0.803. The molecular weight excluding hydrogens is 805 g/mol. The lowest BCUT2D eigenvalue weighted by atomic mass is 9.69. The van der Waals surface area contributed by atoms with E-state index < -0.39 is 5.41 Å². The summed E-state index contributed by atoms with van der Waals surface area (Å²) in [5.41, 5.74) is 17.8. The molecule has 0 heterocycles. The van der Waals surface area contributed by atoms with Crippen LogP contribution in [0.4, 0.5) is 0 Å². The van der Waals surface area contributed by atoms with Gasteiger partial charge < -0.3 is 0 Å². The highest BCUT2D eigenvalue weighted by Gasteiger charge is 2.53. The molecule has 0 aliphatic heterocycles. The highest BCUT2D eigenvalue weighted by atomic mass is 14.5. The fourth-order valence-electron chi connectivity index (χ4n) is 12.7. The summed E-state index contributed by atoms with van der Waals surface area (Å²) in [6, 6.07) is 91.5. The quantitative estimate of drug-likeness (QED) is 0.123. The zero-order chi connectivity index (χ0) is 43.8. The van der Waals surface area contributed by atoms with Crippen molar-refractivity contribution in [1.29, 1.82) is 0 Å². The molecule has 67 heavy (non-hydrogen) atoms. The van der Waals surface area contributed by atoms with Crippen molar-refractivity contribution in [3.8, 4) is 55.6 Å². The van der Waals surface area contributed by atoms with Crippen molar-refractivity contribution < 1.29 is 0 Å². The average Bonchev–Trinajstić information content (AvgIpc) is 3.86. The Hall–Kier alpha value is -8.58. The molecule has 15 rings (SSSR count). The fourth-order valence-corrected chi connectivity index (χ4v) is 12.7. The first kappa shape index (κ1) is 36.7. The highest BCUT2D eigenvalue weighted by Crippen LogP contribution is 2.66. The monoisotopic (exact) mass is 844 g/mol. The number of fused-ring (bicyclic) bond motifs is 19. The second-order valence-electron chi connectivity index (χ2n) is 18.6. The van der Waals surface area contributed by atoms with Gasteiger partial charge in [-0.2, -0.15) is 0 Å². The summed E-state index contributed by atoms with van der Waals surface area (Å²) in [6.07, 6.45) is 0. The number of rotatable bonds is 3. The molecule has 0 amide bonds. The Balaban J connectivity index is 0.967. The zero-order valence-electron chi connectivity index (χ0n) is 36.6. The minimum absolute atomic E-state index is 0.490. The molecule has 0 bridgehead atoms. The molecular formula is C67H40. The van der Waals surface area contributed by atoms with Gasteiger partial charge in [-0.15, -0.1) is 0 Å². The Bertz CT molecular complexity index is 4160. The van der Waals surface area contributed by atoms with Crippen LogP contribution in [-0.4, -0.2) is 0 Å². The van der Waals surface area contributed by atoms with E-state index >= 15 is 0 Å². The van der Waals surface area contributed by atoms with Crippen LogP contribution >= 0.6 is 0 Å². The largest absolute Gasteiger partial charge is 0.0731 e. The molecule has 0 radical (unpaired) electrons. The van der Waals surface area contributed by atoms with Crippen LogP contribution in [0.5, 0.6) is 0 Å². The maximum Gasteiger partial charge on any atom is 0.0731 e. The third-order valence-corrected chi connectivity index (χ3v) is 15.4. The van der Waals surface area contributed by atoms with E-state index in [0.717, 1.165) is 0 Å². The van der Waals surface area contributed by atoms with Gasteiger partial charge in [0.2, 0.25) is 0 Å². The van der Waals surface area contributed by atoms with E-state index in [1.165, 1.54) is 143 Å². The van der Waals surface area contributed by atoms with Gasteiger partial charge in [0.05, 0.1) is 5.41 Å².